The van der Waals surface area contributed by atoms with E-state index in [0.29, 0.717) is 16.8 Å². The molecule has 2 N–H and O–H groups in total. The minimum atomic E-state index is -0.121. The van der Waals surface area contributed by atoms with E-state index in [1.54, 1.807) is 18.3 Å². The number of halogens is 1. The summed E-state index contributed by atoms with van der Waals surface area (Å²) >= 11 is 5.85. The second kappa shape index (κ2) is 6.16. The van der Waals surface area contributed by atoms with E-state index in [4.69, 9.17) is 11.6 Å². The predicted molar refractivity (Wildman–Crippen MR) is 72.7 cm³/mol. The molecular formula is C13H18ClN3O. The second-order valence-electron chi connectivity index (χ2n) is 4.65. The van der Waals surface area contributed by atoms with Crippen molar-refractivity contribution in [2.75, 3.05) is 11.9 Å². The average Bonchev–Trinajstić information content (AvgIpc) is 2.39. The number of hydrogen-bond acceptors (Lipinski definition) is 3. The molecule has 0 aliphatic carbocycles. The van der Waals surface area contributed by atoms with Crippen LogP contribution in [-0.2, 0) is 4.79 Å². The molecule has 2 unspecified atom stereocenters. The third-order valence-electron chi connectivity index (χ3n) is 3.38. The van der Waals surface area contributed by atoms with Crippen molar-refractivity contribution in [2.45, 2.75) is 32.2 Å². The van der Waals surface area contributed by atoms with Gasteiger partial charge in [0.25, 0.3) is 0 Å². The highest BCUT2D eigenvalue weighted by Crippen LogP contribution is 2.20. The first-order valence-electron chi connectivity index (χ1n) is 6.35. The molecule has 0 bridgehead atoms. The lowest BCUT2D eigenvalue weighted by atomic mass is 9.90. The topological polar surface area (TPSA) is 54.0 Å². The van der Waals surface area contributed by atoms with Gasteiger partial charge in [0.2, 0.25) is 5.91 Å². The first-order valence-corrected chi connectivity index (χ1v) is 6.72. The Morgan fingerprint density at radius 1 is 1.67 bits per heavy atom. The van der Waals surface area contributed by atoms with E-state index in [1.165, 1.54) is 0 Å². The van der Waals surface area contributed by atoms with Crippen molar-refractivity contribution < 1.29 is 4.79 Å². The van der Waals surface area contributed by atoms with Gasteiger partial charge in [-0.25, -0.2) is 4.98 Å². The Balaban J connectivity index is 1.95. The molecule has 1 aliphatic heterocycles. The van der Waals surface area contributed by atoms with Gasteiger partial charge in [0.15, 0.2) is 0 Å². The lowest BCUT2D eigenvalue weighted by molar-refractivity contribution is -0.119. The maximum absolute atomic E-state index is 12.1. The van der Waals surface area contributed by atoms with Gasteiger partial charge in [-0.2, -0.15) is 0 Å². The monoisotopic (exact) mass is 267 g/mol. The molecule has 1 aliphatic rings. The number of nitrogens with zero attached hydrogens (tertiary/aromatic N) is 1. The predicted octanol–water partition coefficient (Wildman–Crippen LogP) is 2.45. The van der Waals surface area contributed by atoms with Crippen molar-refractivity contribution in [3.05, 3.63) is 23.4 Å². The average molecular weight is 268 g/mol. The summed E-state index contributed by atoms with van der Waals surface area (Å²) in [5.41, 5.74) is 0. The van der Waals surface area contributed by atoms with Crippen LogP contribution in [0.15, 0.2) is 18.3 Å². The molecule has 1 fully saturated rings. The molecule has 98 valence electrons. The summed E-state index contributed by atoms with van der Waals surface area (Å²) in [5.74, 6) is 1.12. The van der Waals surface area contributed by atoms with Crippen LogP contribution in [0.25, 0.3) is 0 Å². The van der Waals surface area contributed by atoms with Crippen LogP contribution in [0.3, 0.4) is 0 Å². The number of hydrogen-bond donors (Lipinski definition) is 2. The third-order valence-corrected chi connectivity index (χ3v) is 3.61. The first kappa shape index (κ1) is 13.3. The Labute approximate surface area is 112 Å². The van der Waals surface area contributed by atoms with Crippen molar-refractivity contribution in [3.8, 4) is 0 Å². The minimum Gasteiger partial charge on any atom is -0.309 e. The Bertz CT molecular complexity index is 424. The van der Waals surface area contributed by atoms with Crippen LogP contribution in [0, 0.1) is 5.92 Å². The number of piperidine rings is 1. The van der Waals surface area contributed by atoms with Gasteiger partial charge in [-0.3, -0.25) is 4.79 Å². The molecule has 0 radical (unpaired) electrons. The van der Waals surface area contributed by atoms with Crippen LogP contribution in [0.4, 0.5) is 5.82 Å². The zero-order valence-electron chi connectivity index (χ0n) is 10.4. The number of carbonyl (C=O) groups excluding carboxylic acids is 1. The molecule has 1 aromatic heterocycles. The zero-order valence-corrected chi connectivity index (χ0v) is 11.2. The molecule has 1 amide bonds. The van der Waals surface area contributed by atoms with Crippen molar-refractivity contribution in [1.29, 1.82) is 0 Å². The van der Waals surface area contributed by atoms with E-state index in [-0.39, 0.29) is 11.9 Å². The summed E-state index contributed by atoms with van der Waals surface area (Å²) in [6.45, 7) is 3.07. The number of nitrogens with one attached hydrogen (secondary N) is 2. The van der Waals surface area contributed by atoms with E-state index in [2.05, 4.69) is 22.5 Å². The largest absolute Gasteiger partial charge is 0.309 e. The molecule has 2 rings (SSSR count). The van der Waals surface area contributed by atoms with E-state index in [9.17, 15) is 4.79 Å². The quantitative estimate of drug-likeness (QED) is 0.885. The van der Waals surface area contributed by atoms with Gasteiger partial charge in [-0.05, 0) is 37.4 Å². The second-order valence-corrected chi connectivity index (χ2v) is 5.09. The fourth-order valence-electron chi connectivity index (χ4n) is 2.25. The van der Waals surface area contributed by atoms with Crippen LogP contribution in [0.1, 0.15) is 26.2 Å². The molecule has 5 heteroatoms. The Kier molecular flexibility index (Phi) is 4.55. The van der Waals surface area contributed by atoms with Gasteiger partial charge in [-0.1, -0.05) is 24.9 Å². The van der Waals surface area contributed by atoms with Gasteiger partial charge < -0.3 is 10.6 Å². The molecule has 1 aromatic rings. The summed E-state index contributed by atoms with van der Waals surface area (Å²) < 4.78 is 0. The summed E-state index contributed by atoms with van der Waals surface area (Å²) in [6.07, 6.45) is 4.75. The van der Waals surface area contributed by atoms with Crippen LogP contribution in [-0.4, -0.2) is 23.5 Å². The molecule has 2 atom stereocenters. The van der Waals surface area contributed by atoms with Crippen molar-refractivity contribution >= 4 is 23.3 Å². The van der Waals surface area contributed by atoms with Crippen molar-refractivity contribution in [2.24, 2.45) is 5.92 Å². The van der Waals surface area contributed by atoms with Crippen LogP contribution >= 0.6 is 11.6 Å². The van der Waals surface area contributed by atoms with Gasteiger partial charge >= 0.3 is 0 Å². The summed E-state index contributed by atoms with van der Waals surface area (Å²) in [7, 11) is 0. The SMILES string of the molecule is CCC1CCNC(C(=O)Nc2cc(Cl)ccn2)C1. The Hall–Kier alpha value is -1.13. The number of aromatic nitrogens is 1. The zero-order chi connectivity index (χ0) is 13.0. The van der Waals surface area contributed by atoms with Gasteiger partial charge in [0.05, 0.1) is 6.04 Å². The highest BCUT2D eigenvalue weighted by molar-refractivity contribution is 6.30. The van der Waals surface area contributed by atoms with E-state index in [0.717, 1.165) is 25.8 Å². The lowest BCUT2D eigenvalue weighted by Gasteiger charge is -2.28. The standard InChI is InChI=1S/C13H18ClN3O/c1-2-9-3-5-15-11(7-9)13(18)17-12-8-10(14)4-6-16-12/h4,6,8-9,11,15H,2-3,5,7H2,1H3,(H,16,17,18). The highest BCUT2D eigenvalue weighted by atomic mass is 35.5. The number of rotatable bonds is 3. The highest BCUT2D eigenvalue weighted by Gasteiger charge is 2.25. The fourth-order valence-corrected chi connectivity index (χ4v) is 2.41. The maximum Gasteiger partial charge on any atom is 0.242 e. The van der Waals surface area contributed by atoms with Gasteiger partial charge in [-0.15, -0.1) is 0 Å². The molecular weight excluding hydrogens is 250 g/mol. The molecule has 0 saturated carbocycles. The fraction of sp³-hybridized carbons (Fsp3) is 0.538. The summed E-state index contributed by atoms with van der Waals surface area (Å²) in [4.78, 5) is 16.2. The normalized spacial score (nSPS) is 23.7. The molecule has 0 aromatic carbocycles. The van der Waals surface area contributed by atoms with E-state index < -0.39 is 0 Å². The van der Waals surface area contributed by atoms with Gasteiger partial charge in [0.1, 0.15) is 5.82 Å². The minimum absolute atomic E-state index is 0.0251. The number of anilines is 1. The lowest BCUT2D eigenvalue weighted by Crippen LogP contribution is -2.46. The van der Waals surface area contributed by atoms with Gasteiger partial charge in [0, 0.05) is 11.2 Å². The maximum atomic E-state index is 12.1. The van der Waals surface area contributed by atoms with Crippen LogP contribution < -0.4 is 10.6 Å². The number of carbonyl (C=O) groups is 1. The number of pyridine rings is 1. The van der Waals surface area contributed by atoms with Crippen LogP contribution in [0.2, 0.25) is 5.02 Å². The van der Waals surface area contributed by atoms with Crippen molar-refractivity contribution in [3.63, 3.8) is 0 Å². The third kappa shape index (κ3) is 3.43. The van der Waals surface area contributed by atoms with E-state index in [1.807, 2.05) is 0 Å². The Morgan fingerprint density at radius 3 is 3.22 bits per heavy atom. The molecule has 2 heterocycles. The molecule has 1 saturated heterocycles. The molecule has 0 spiro atoms. The number of amides is 1. The molecule has 18 heavy (non-hydrogen) atoms. The van der Waals surface area contributed by atoms with Crippen molar-refractivity contribution in [1.82, 2.24) is 10.3 Å². The first-order chi connectivity index (χ1) is 8.69. The van der Waals surface area contributed by atoms with E-state index >= 15 is 0 Å². The summed E-state index contributed by atoms with van der Waals surface area (Å²) in [6, 6.07) is 3.22. The smallest absolute Gasteiger partial charge is 0.242 e. The molecule has 4 nitrogen and oxygen atoms in total. The Morgan fingerprint density at radius 2 is 2.50 bits per heavy atom. The van der Waals surface area contributed by atoms with Crippen LogP contribution in [0.5, 0.6) is 0 Å². The summed E-state index contributed by atoms with van der Waals surface area (Å²) in [5, 5.41) is 6.62.